The quantitative estimate of drug-likeness (QED) is 0.575. The summed E-state index contributed by atoms with van der Waals surface area (Å²) in [5.74, 6) is 0.0637. The molecule has 0 radical (unpaired) electrons. The molecule has 0 aliphatic heterocycles. The molecule has 2 rings (SSSR count). The van der Waals surface area contributed by atoms with Crippen molar-refractivity contribution in [1.29, 1.82) is 0 Å². The number of benzene rings is 2. The molecule has 1 amide bonds. The zero-order chi connectivity index (χ0) is 20.7. The Kier molecular flexibility index (Phi) is 7.57. The fraction of sp³-hybridized carbons (Fsp3) is 0.350. The summed E-state index contributed by atoms with van der Waals surface area (Å²) in [6.45, 7) is 2.01. The number of carbonyl (C=O) groups is 1. The lowest BCUT2D eigenvalue weighted by Gasteiger charge is -2.22. The molecular weight excluding hydrogens is 395 g/mol. The Hall–Kier alpha value is -2.41. The standard InChI is InChI=1S/C20H21ClF3NO3/c1-3-16(13-27-17-9-6-8-15(11-17)20(22,23)24)28-19(26)25(2)12-14-7-4-5-10-18(14)21/h4-11,16H,3,12-13H2,1-2H3. The smallest absolute Gasteiger partial charge is 0.416 e. The molecule has 152 valence electrons. The van der Waals surface area contributed by atoms with Crippen LogP contribution in [0.15, 0.2) is 48.5 Å². The molecule has 0 spiro atoms. The van der Waals surface area contributed by atoms with E-state index in [-0.39, 0.29) is 18.9 Å². The van der Waals surface area contributed by atoms with E-state index in [1.807, 2.05) is 6.07 Å². The number of alkyl halides is 3. The van der Waals surface area contributed by atoms with Crippen LogP contribution >= 0.6 is 11.6 Å². The molecule has 2 aromatic carbocycles. The van der Waals surface area contributed by atoms with E-state index in [1.54, 1.807) is 32.2 Å². The minimum absolute atomic E-state index is 0.0521. The van der Waals surface area contributed by atoms with Gasteiger partial charge in [0.15, 0.2) is 0 Å². The first-order chi connectivity index (χ1) is 13.2. The Morgan fingerprint density at radius 2 is 1.89 bits per heavy atom. The van der Waals surface area contributed by atoms with Crippen molar-refractivity contribution in [3.05, 3.63) is 64.7 Å². The first-order valence-electron chi connectivity index (χ1n) is 8.66. The third kappa shape index (κ3) is 6.34. The Labute approximate surface area is 166 Å². The van der Waals surface area contributed by atoms with Gasteiger partial charge in [-0.2, -0.15) is 13.2 Å². The summed E-state index contributed by atoms with van der Waals surface area (Å²) >= 11 is 6.09. The van der Waals surface area contributed by atoms with Crippen molar-refractivity contribution in [2.75, 3.05) is 13.7 Å². The van der Waals surface area contributed by atoms with Crippen LogP contribution in [0.25, 0.3) is 0 Å². The maximum absolute atomic E-state index is 12.8. The molecule has 0 heterocycles. The van der Waals surface area contributed by atoms with Crippen molar-refractivity contribution < 1.29 is 27.4 Å². The van der Waals surface area contributed by atoms with E-state index in [0.29, 0.717) is 11.4 Å². The maximum Gasteiger partial charge on any atom is 0.416 e. The zero-order valence-corrected chi connectivity index (χ0v) is 16.3. The van der Waals surface area contributed by atoms with Crippen LogP contribution < -0.4 is 4.74 Å². The Morgan fingerprint density at radius 3 is 2.54 bits per heavy atom. The second-order valence-electron chi connectivity index (χ2n) is 6.20. The van der Waals surface area contributed by atoms with Gasteiger partial charge in [-0.15, -0.1) is 0 Å². The largest absolute Gasteiger partial charge is 0.490 e. The molecular formula is C20H21ClF3NO3. The Balaban J connectivity index is 1.91. The highest BCUT2D eigenvalue weighted by Crippen LogP contribution is 2.31. The van der Waals surface area contributed by atoms with E-state index >= 15 is 0 Å². The van der Waals surface area contributed by atoms with Gasteiger partial charge in [0.2, 0.25) is 0 Å². The molecule has 0 saturated carbocycles. The van der Waals surface area contributed by atoms with E-state index in [1.165, 1.54) is 17.0 Å². The number of nitrogens with zero attached hydrogens (tertiary/aromatic N) is 1. The number of hydrogen-bond acceptors (Lipinski definition) is 3. The van der Waals surface area contributed by atoms with Crippen molar-refractivity contribution in [3.63, 3.8) is 0 Å². The van der Waals surface area contributed by atoms with Crippen LogP contribution in [0, 0.1) is 0 Å². The van der Waals surface area contributed by atoms with Crippen LogP contribution in [-0.2, 0) is 17.5 Å². The first-order valence-corrected chi connectivity index (χ1v) is 9.03. The normalized spacial score (nSPS) is 12.4. The summed E-state index contributed by atoms with van der Waals surface area (Å²) in [5.41, 5.74) is -0.0219. The molecule has 2 aromatic rings. The number of ether oxygens (including phenoxy) is 2. The number of carbonyl (C=O) groups excluding carboxylic acids is 1. The summed E-state index contributed by atoms with van der Waals surface area (Å²) in [4.78, 5) is 13.7. The van der Waals surface area contributed by atoms with Crippen LogP contribution in [0.5, 0.6) is 5.75 Å². The summed E-state index contributed by atoms with van der Waals surface area (Å²) in [6.07, 6.45) is -5.17. The number of amides is 1. The molecule has 0 aliphatic rings. The number of halogens is 4. The van der Waals surface area contributed by atoms with Crippen molar-refractivity contribution in [2.45, 2.75) is 32.2 Å². The lowest BCUT2D eigenvalue weighted by molar-refractivity contribution is -0.137. The predicted molar refractivity (Wildman–Crippen MR) is 100 cm³/mol. The highest BCUT2D eigenvalue weighted by atomic mass is 35.5. The Bertz CT molecular complexity index is 798. The fourth-order valence-electron chi connectivity index (χ4n) is 2.37. The van der Waals surface area contributed by atoms with Gasteiger partial charge in [-0.25, -0.2) is 4.79 Å². The third-order valence-electron chi connectivity index (χ3n) is 4.00. The summed E-state index contributed by atoms with van der Waals surface area (Å²) < 4.78 is 49.1. The highest BCUT2D eigenvalue weighted by Gasteiger charge is 2.30. The zero-order valence-electron chi connectivity index (χ0n) is 15.5. The molecule has 0 aliphatic carbocycles. The van der Waals surface area contributed by atoms with E-state index in [0.717, 1.165) is 17.7 Å². The lowest BCUT2D eigenvalue weighted by Crippen LogP contribution is -2.33. The average molecular weight is 416 g/mol. The van der Waals surface area contributed by atoms with Crippen molar-refractivity contribution in [1.82, 2.24) is 4.90 Å². The topological polar surface area (TPSA) is 38.8 Å². The molecule has 28 heavy (non-hydrogen) atoms. The van der Waals surface area contributed by atoms with Crippen molar-refractivity contribution in [3.8, 4) is 5.75 Å². The van der Waals surface area contributed by atoms with Gasteiger partial charge < -0.3 is 14.4 Å². The van der Waals surface area contributed by atoms with Crippen LogP contribution in [0.4, 0.5) is 18.0 Å². The average Bonchev–Trinajstić information content (AvgIpc) is 2.66. The highest BCUT2D eigenvalue weighted by molar-refractivity contribution is 6.31. The van der Waals surface area contributed by atoms with Crippen molar-refractivity contribution in [2.24, 2.45) is 0 Å². The third-order valence-corrected chi connectivity index (χ3v) is 4.37. The Morgan fingerprint density at radius 1 is 1.18 bits per heavy atom. The number of hydrogen-bond donors (Lipinski definition) is 0. The molecule has 8 heteroatoms. The van der Waals surface area contributed by atoms with E-state index in [9.17, 15) is 18.0 Å². The summed E-state index contributed by atoms with van der Waals surface area (Å²) in [5, 5.41) is 0.544. The second-order valence-corrected chi connectivity index (χ2v) is 6.61. The molecule has 0 bridgehead atoms. The second kappa shape index (κ2) is 9.68. The lowest BCUT2D eigenvalue weighted by atomic mass is 10.2. The van der Waals surface area contributed by atoms with E-state index < -0.39 is 23.9 Å². The van der Waals surface area contributed by atoms with E-state index in [2.05, 4.69) is 0 Å². The molecule has 0 aromatic heterocycles. The molecule has 1 atom stereocenters. The van der Waals surface area contributed by atoms with Gasteiger partial charge in [-0.1, -0.05) is 42.8 Å². The van der Waals surface area contributed by atoms with Gasteiger partial charge in [0.1, 0.15) is 18.5 Å². The molecule has 0 fully saturated rings. The van der Waals surface area contributed by atoms with Gasteiger partial charge in [0.05, 0.1) is 12.1 Å². The predicted octanol–water partition coefficient (Wildman–Crippen LogP) is 5.78. The molecule has 0 N–H and O–H groups in total. The summed E-state index contributed by atoms with van der Waals surface area (Å²) in [7, 11) is 1.58. The molecule has 1 unspecified atom stereocenters. The van der Waals surface area contributed by atoms with Crippen LogP contribution in [0.3, 0.4) is 0 Å². The van der Waals surface area contributed by atoms with Gasteiger partial charge in [0.25, 0.3) is 0 Å². The van der Waals surface area contributed by atoms with Gasteiger partial charge in [0, 0.05) is 12.1 Å². The van der Waals surface area contributed by atoms with Gasteiger partial charge in [-0.3, -0.25) is 0 Å². The van der Waals surface area contributed by atoms with Gasteiger partial charge >= 0.3 is 12.3 Å². The van der Waals surface area contributed by atoms with Crippen LogP contribution in [-0.4, -0.2) is 30.8 Å². The minimum Gasteiger partial charge on any atom is -0.490 e. The van der Waals surface area contributed by atoms with Crippen LogP contribution in [0.2, 0.25) is 5.02 Å². The van der Waals surface area contributed by atoms with Crippen molar-refractivity contribution >= 4 is 17.7 Å². The molecule has 4 nitrogen and oxygen atoms in total. The minimum atomic E-state index is -4.45. The maximum atomic E-state index is 12.8. The monoisotopic (exact) mass is 415 g/mol. The first kappa shape index (κ1) is 21.9. The summed E-state index contributed by atoms with van der Waals surface area (Å²) in [6, 6.07) is 11.7. The van der Waals surface area contributed by atoms with Crippen LogP contribution in [0.1, 0.15) is 24.5 Å². The SMILES string of the molecule is CCC(COc1cccc(C(F)(F)F)c1)OC(=O)N(C)Cc1ccccc1Cl. The molecule has 0 saturated heterocycles. The number of rotatable bonds is 7. The fourth-order valence-corrected chi connectivity index (χ4v) is 2.56. The van der Waals surface area contributed by atoms with Gasteiger partial charge in [-0.05, 0) is 36.2 Å². The van der Waals surface area contributed by atoms with E-state index in [4.69, 9.17) is 21.1 Å².